The van der Waals surface area contributed by atoms with Gasteiger partial charge in [0.25, 0.3) is 0 Å². The van der Waals surface area contributed by atoms with E-state index < -0.39 is 5.79 Å². The van der Waals surface area contributed by atoms with Crippen LogP contribution in [0.4, 0.5) is 4.79 Å². The summed E-state index contributed by atoms with van der Waals surface area (Å²) in [6, 6.07) is 26.8. The van der Waals surface area contributed by atoms with Gasteiger partial charge in [-0.25, -0.2) is 4.79 Å². The maximum atomic E-state index is 13.6. The van der Waals surface area contributed by atoms with Gasteiger partial charge in [0, 0.05) is 24.8 Å². The molecule has 200 valence electrons. The second kappa shape index (κ2) is 11.2. The molecule has 0 saturated carbocycles. The molecule has 0 bridgehead atoms. The van der Waals surface area contributed by atoms with E-state index in [0.29, 0.717) is 32.8 Å². The van der Waals surface area contributed by atoms with Crippen LogP contribution in [0.1, 0.15) is 42.4 Å². The fourth-order valence-electron chi connectivity index (χ4n) is 6.25. The molecule has 3 aromatic carbocycles. The Bertz CT molecular complexity index is 1310. The molecule has 0 radical (unpaired) electrons. The van der Waals surface area contributed by atoms with Crippen LogP contribution >= 0.6 is 0 Å². The van der Waals surface area contributed by atoms with E-state index in [2.05, 4.69) is 79.7 Å². The molecule has 6 rings (SSSR count). The molecule has 3 aromatic rings. The molecule has 39 heavy (non-hydrogen) atoms. The first kappa shape index (κ1) is 25.6. The van der Waals surface area contributed by atoms with Crippen molar-refractivity contribution in [2.24, 2.45) is 5.92 Å². The quantitative estimate of drug-likeness (QED) is 0.338. The molecule has 2 fully saturated rings. The van der Waals surface area contributed by atoms with E-state index in [1.54, 1.807) is 0 Å². The van der Waals surface area contributed by atoms with Gasteiger partial charge < -0.3 is 19.1 Å². The summed E-state index contributed by atoms with van der Waals surface area (Å²) in [5, 5.41) is 0. The molecule has 2 aliphatic heterocycles. The van der Waals surface area contributed by atoms with E-state index >= 15 is 0 Å². The first-order valence-electron chi connectivity index (χ1n) is 14.0. The lowest BCUT2D eigenvalue weighted by atomic mass is 9.84. The number of fused-ring (bicyclic) bond motifs is 3. The molecule has 0 N–H and O–H groups in total. The number of hydrogen-bond donors (Lipinski definition) is 0. The highest BCUT2D eigenvalue weighted by Gasteiger charge is 2.50. The third-order valence-corrected chi connectivity index (χ3v) is 8.33. The molecule has 5 heteroatoms. The summed E-state index contributed by atoms with van der Waals surface area (Å²) >= 11 is 0. The number of likely N-dealkylation sites (tertiary alicyclic amines) is 1. The number of carbonyl (C=O) groups is 1. The lowest BCUT2D eigenvalue weighted by molar-refractivity contribution is -0.310. The highest BCUT2D eigenvalue weighted by molar-refractivity contribution is 5.79. The Hall–Kier alpha value is -3.67. The van der Waals surface area contributed by atoms with Crippen LogP contribution in [0.5, 0.6) is 0 Å². The predicted molar refractivity (Wildman–Crippen MR) is 153 cm³/mol. The van der Waals surface area contributed by atoms with Crippen molar-refractivity contribution < 1.29 is 19.0 Å². The summed E-state index contributed by atoms with van der Waals surface area (Å²) < 4.78 is 18.5. The van der Waals surface area contributed by atoms with E-state index in [4.69, 9.17) is 14.2 Å². The van der Waals surface area contributed by atoms with Gasteiger partial charge in [-0.2, -0.15) is 0 Å². The van der Waals surface area contributed by atoms with Gasteiger partial charge in [-0.1, -0.05) is 110 Å². The van der Waals surface area contributed by atoms with Gasteiger partial charge in [0.2, 0.25) is 0 Å². The normalized spacial score (nSPS) is 22.3. The van der Waals surface area contributed by atoms with Gasteiger partial charge in [0.15, 0.2) is 5.79 Å². The van der Waals surface area contributed by atoms with E-state index in [-0.39, 0.29) is 24.0 Å². The summed E-state index contributed by atoms with van der Waals surface area (Å²) in [6.45, 7) is 4.29. The highest BCUT2D eigenvalue weighted by Crippen LogP contribution is 2.45. The summed E-state index contributed by atoms with van der Waals surface area (Å²) in [5.41, 5.74) is 6.00. The number of ether oxygens (including phenoxy) is 3. The SMILES string of the molecule is C[C@@H]1[C@@H](/C=C/C=C/c2ccccc2)N(C(=O)OCC2c3ccccc3-c3ccccc32)CCC12OCCCO2. The Morgan fingerprint density at radius 1 is 0.923 bits per heavy atom. The number of piperidine rings is 1. The van der Waals surface area contributed by atoms with Crippen molar-refractivity contribution in [1.29, 1.82) is 0 Å². The third-order valence-electron chi connectivity index (χ3n) is 8.33. The monoisotopic (exact) mass is 521 g/mol. The minimum Gasteiger partial charge on any atom is -0.448 e. The van der Waals surface area contributed by atoms with Gasteiger partial charge in [-0.3, -0.25) is 0 Å². The van der Waals surface area contributed by atoms with E-state index in [9.17, 15) is 4.79 Å². The molecule has 3 aliphatic rings. The predicted octanol–water partition coefficient (Wildman–Crippen LogP) is 7.05. The smallest absolute Gasteiger partial charge is 0.410 e. The van der Waals surface area contributed by atoms with Crippen molar-refractivity contribution >= 4 is 12.2 Å². The molecular formula is C34H35NO4. The molecule has 1 amide bonds. The zero-order valence-corrected chi connectivity index (χ0v) is 22.4. The van der Waals surface area contributed by atoms with Crippen molar-refractivity contribution in [3.05, 3.63) is 114 Å². The van der Waals surface area contributed by atoms with Crippen molar-refractivity contribution in [1.82, 2.24) is 4.90 Å². The maximum absolute atomic E-state index is 13.6. The van der Waals surface area contributed by atoms with Crippen LogP contribution in [0, 0.1) is 5.92 Å². The molecule has 1 spiro atoms. The maximum Gasteiger partial charge on any atom is 0.410 e. The number of benzene rings is 3. The van der Waals surface area contributed by atoms with Gasteiger partial charge >= 0.3 is 6.09 Å². The largest absolute Gasteiger partial charge is 0.448 e. The summed E-state index contributed by atoms with van der Waals surface area (Å²) in [4.78, 5) is 15.5. The molecule has 5 nitrogen and oxygen atoms in total. The van der Waals surface area contributed by atoms with Crippen molar-refractivity contribution in [2.45, 2.75) is 37.5 Å². The lowest BCUT2D eigenvalue weighted by Crippen LogP contribution is -2.61. The molecule has 2 saturated heterocycles. The fraction of sp³-hybridized carbons (Fsp3) is 0.324. The van der Waals surface area contributed by atoms with Crippen LogP contribution in [-0.4, -0.2) is 49.2 Å². The number of carbonyl (C=O) groups excluding carboxylic acids is 1. The minimum atomic E-state index is -0.670. The van der Waals surface area contributed by atoms with Crippen molar-refractivity contribution in [2.75, 3.05) is 26.4 Å². The van der Waals surface area contributed by atoms with Crippen LogP contribution in [0.25, 0.3) is 17.2 Å². The van der Waals surface area contributed by atoms with Gasteiger partial charge in [-0.15, -0.1) is 0 Å². The van der Waals surface area contributed by atoms with Crippen LogP contribution in [0.15, 0.2) is 97.1 Å². The summed E-state index contributed by atoms with van der Waals surface area (Å²) in [6.07, 6.45) is 9.39. The average molecular weight is 522 g/mol. The zero-order chi connectivity index (χ0) is 26.7. The Morgan fingerprint density at radius 2 is 1.56 bits per heavy atom. The van der Waals surface area contributed by atoms with Gasteiger partial charge in [-0.05, 0) is 34.2 Å². The van der Waals surface area contributed by atoms with Crippen LogP contribution in [0.3, 0.4) is 0 Å². The van der Waals surface area contributed by atoms with E-state index in [1.807, 2.05) is 35.3 Å². The molecule has 1 aliphatic carbocycles. The Kier molecular flexibility index (Phi) is 7.36. The molecular weight excluding hydrogens is 486 g/mol. The second-order valence-corrected chi connectivity index (χ2v) is 10.5. The van der Waals surface area contributed by atoms with E-state index in [0.717, 1.165) is 12.0 Å². The lowest BCUT2D eigenvalue weighted by Gasteiger charge is -2.50. The van der Waals surface area contributed by atoms with Crippen LogP contribution in [-0.2, 0) is 14.2 Å². The minimum absolute atomic E-state index is 0.0303. The first-order valence-corrected chi connectivity index (χ1v) is 14.0. The topological polar surface area (TPSA) is 48.0 Å². The van der Waals surface area contributed by atoms with E-state index in [1.165, 1.54) is 22.3 Å². The summed E-state index contributed by atoms with van der Waals surface area (Å²) in [7, 11) is 0. The second-order valence-electron chi connectivity index (χ2n) is 10.5. The molecule has 2 heterocycles. The van der Waals surface area contributed by atoms with Crippen LogP contribution < -0.4 is 0 Å². The number of nitrogens with zero attached hydrogens (tertiary/aromatic N) is 1. The number of allylic oxidation sites excluding steroid dienone is 2. The fourth-order valence-corrected chi connectivity index (χ4v) is 6.25. The van der Waals surface area contributed by atoms with Gasteiger partial charge in [0.1, 0.15) is 6.61 Å². The Balaban J connectivity index is 1.21. The molecule has 0 aromatic heterocycles. The first-order chi connectivity index (χ1) is 19.2. The standard InChI is InChI=1S/C34H35NO4/c1-25-32(19-10-5-14-26-12-3-2-4-13-26)35(21-20-34(25)38-22-11-23-39-34)33(36)37-24-31-29-17-8-6-15-27(29)28-16-7-9-18-30(28)31/h2-10,12-19,25,31-32H,11,20-24H2,1H3/b14-5+,19-10+/t25-,32-/m1/s1. The number of hydrogen-bond acceptors (Lipinski definition) is 4. The number of amides is 1. The summed E-state index contributed by atoms with van der Waals surface area (Å²) in [5.74, 6) is -0.688. The molecule has 2 atom stereocenters. The molecule has 0 unspecified atom stereocenters. The zero-order valence-electron chi connectivity index (χ0n) is 22.4. The third kappa shape index (κ3) is 5.05. The Morgan fingerprint density at radius 3 is 2.26 bits per heavy atom. The van der Waals surface area contributed by atoms with Crippen LogP contribution in [0.2, 0.25) is 0 Å². The average Bonchev–Trinajstić information content (AvgIpc) is 3.31. The van der Waals surface area contributed by atoms with Crippen molar-refractivity contribution in [3.8, 4) is 11.1 Å². The number of rotatable bonds is 5. The van der Waals surface area contributed by atoms with Crippen molar-refractivity contribution in [3.63, 3.8) is 0 Å². The highest BCUT2D eigenvalue weighted by atomic mass is 16.7. The Labute approximate surface area is 230 Å². The van der Waals surface area contributed by atoms with Gasteiger partial charge in [0.05, 0.1) is 19.3 Å².